The monoisotopic (exact) mass is 327 g/mol. The number of furan rings is 1. The summed E-state index contributed by atoms with van der Waals surface area (Å²) in [4.78, 5) is 16.6. The Bertz CT molecular complexity index is 683. The highest BCUT2D eigenvalue weighted by Gasteiger charge is 2.34. The molecular weight excluding hydrogens is 302 g/mol. The zero-order valence-electron chi connectivity index (χ0n) is 14.5. The Labute approximate surface area is 143 Å². The van der Waals surface area contributed by atoms with E-state index in [2.05, 4.69) is 29.4 Å². The summed E-state index contributed by atoms with van der Waals surface area (Å²) in [6.07, 6.45) is 2.62. The maximum absolute atomic E-state index is 12.6. The number of nitrogens with one attached hydrogen (secondary N) is 1. The molecule has 1 aliphatic heterocycles. The number of rotatable bonds is 4. The van der Waals surface area contributed by atoms with Crippen LogP contribution >= 0.6 is 0 Å². The van der Waals surface area contributed by atoms with Gasteiger partial charge in [-0.25, -0.2) is 4.79 Å². The molecule has 2 amide bonds. The topological polar surface area (TPSA) is 48.7 Å². The number of aryl methyl sites for hydroxylation is 1. The number of urea groups is 1. The molecule has 5 nitrogen and oxygen atoms in total. The number of carbonyl (C=O) groups is 1. The summed E-state index contributed by atoms with van der Waals surface area (Å²) in [6, 6.07) is 12.6. The summed E-state index contributed by atoms with van der Waals surface area (Å²) in [5.41, 5.74) is 2.28. The summed E-state index contributed by atoms with van der Waals surface area (Å²) in [5, 5.41) is 3.20. The van der Waals surface area contributed by atoms with E-state index in [9.17, 15) is 4.79 Å². The van der Waals surface area contributed by atoms with Crippen molar-refractivity contribution in [1.29, 1.82) is 0 Å². The van der Waals surface area contributed by atoms with Crippen molar-refractivity contribution in [3.05, 3.63) is 59.5 Å². The molecule has 2 heterocycles. The Kier molecular flexibility index (Phi) is 4.90. The van der Waals surface area contributed by atoms with Gasteiger partial charge in [0.25, 0.3) is 0 Å². The molecule has 2 aromatic rings. The minimum atomic E-state index is -0.0446. The van der Waals surface area contributed by atoms with Crippen LogP contribution in [0.3, 0.4) is 0 Å². The molecule has 128 valence electrons. The number of hydrogen-bond acceptors (Lipinski definition) is 3. The van der Waals surface area contributed by atoms with Gasteiger partial charge in [-0.1, -0.05) is 30.3 Å². The van der Waals surface area contributed by atoms with Crippen molar-refractivity contribution < 1.29 is 9.21 Å². The highest BCUT2D eigenvalue weighted by atomic mass is 16.3. The highest BCUT2D eigenvalue weighted by Crippen LogP contribution is 2.30. The van der Waals surface area contributed by atoms with E-state index in [4.69, 9.17) is 4.42 Å². The van der Waals surface area contributed by atoms with E-state index >= 15 is 0 Å². The third-order valence-electron chi connectivity index (χ3n) is 4.82. The van der Waals surface area contributed by atoms with Crippen molar-refractivity contribution >= 4 is 6.03 Å². The third kappa shape index (κ3) is 3.46. The Hall–Kier alpha value is -2.27. The summed E-state index contributed by atoms with van der Waals surface area (Å²) in [6.45, 7) is 3.44. The Balaban J connectivity index is 1.65. The quantitative estimate of drug-likeness (QED) is 0.938. The second-order valence-corrected chi connectivity index (χ2v) is 6.54. The van der Waals surface area contributed by atoms with Gasteiger partial charge in [0.15, 0.2) is 0 Å². The van der Waals surface area contributed by atoms with Crippen molar-refractivity contribution in [3.8, 4) is 0 Å². The molecule has 1 saturated heterocycles. The highest BCUT2D eigenvalue weighted by molar-refractivity contribution is 5.74. The van der Waals surface area contributed by atoms with Gasteiger partial charge in [0, 0.05) is 19.2 Å². The van der Waals surface area contributed by atoms with Crippen LogP contribution in [0.5, 0.6) is 0 Å². The number of hydrogen-bond donors (Lipinski definition) is 1. The van der Waals surface area contributed by atoms with Crippen LogP contribution in [0.4, 0.5) is 4.79 Å². The van der Waals surface area contributed by atoms with E-state index < -0.39 is 0 Å². The molecule has 0 unspecified atom stereocenters. The van der Waals surface area contributed by atoms with Crippen molar-refractivity contribution in [2.45, 2.75) is 32.0 Å². The second kappa shape index (κ2) is 7.09. The van der Waals surface area contributed by atoms with Gasteiger partial charge in [0.05, 0.1) is 24.9 Å². The molecule has 0 aliphatic carbocycles. The Morgan fingerprint density at radius 3 is 2.75 bits per heavy atom. The number of carbonyl (C=O) groups excluding carboxylic acids is 1. The molecule has 0 saturated carbocycles. The molecule has 3 rings (SSSR count). The SMILES string of the molecule is Cc1occc1CN(C)C(=O)N[C@H]1CCN(C)[C@H]1c1ccccc1. The van der Waals surface area contributed by atoms with Crippen LogP contribution in [0.15, 0.2) is 47.1 Å². The number of likely N-dealkylation sites (N-methyl/N-ethyl adjacent to an activating group) is 1. The van der Waals surface area contributed by atoms with Gasteiger partial charge in [-0.05, 0) is 32.0 Å². The minimum Gasteiger partial charge on any atom is -0.469 e. The fraction of sp³-hybridized carbons (Fsp3) is 0.421. The first-order valence-electron chi connectivity index (χ1n) is 8.36. The molecule has 24 heavy (non-hydrogen) atoms. The normalized spacial score (nSPS) is 21.0. The molecular formula is C19H25N3O2. The van der Waals surface area contributed by atoms with Gasteiger partial charge >= 0.3 is 6.03 Å². The molecule has 1 aromatic heterocycles. The number of likely N-dealkylation sites (tertiary alicyclic amines) is 1. The third-order valence-corrected chi connectivity index (χ3v) is 4.82. The standard InChI is InChI=1S/C19H25N3O2/c1-14-16(10-12-24-14)13-22(3)19(23)20-17-9-11-21(2)18(17)15-7-5-4-6-8-15/h4-8,10,12,17-18H,9,11,13H2,1-3H3,(H,20,23)/t17-,18-/m0/s1. The summed E-state index contributed by atoms with van der Waals surface area (Å²) >= 11 is 0. The smallest absolute Gasteiger partial charge is 0.317 e. The first kappa shape index (κ1) is 16.6. The molecule has 1 aromatic carbocycles. The summed E-state index contributed by atoms with van der Waals surface area (Å²) in [7, 11) is 3.93. The molecule has 2 atom stereocenters. The molecule has 0 spiro atoms. The first-order chi connectivity index (χ1) is 11.6. The van der Waals surface area contributed by atoms with Crippen LogP contribution in [-0.4, -0.2) is 42.5 Å². The van der Waals surface area contributed by atoms with Gasteiger partial charge in [-0.3, -0.25) is 4.90 Å². The van der Waals surface area contributed by atoms with Crippen LogP contribution in [0.1, 0.15) is 29.3 Å². The van der Waals surface area contributed by atoms with E-state index in [1.807, 2.05) is 38.2 Å². The van der Waals surface area contributed by atoms with Crippen molar-refractivity contribution in [3.63, 3.8) is 0 Å². The average molecular weight is 327 g/mol. The molecule has 0 bridgehead atoms. The predicted octanol–water partition coefficient (Wildman–Crippen LogP) is 3.17. The molecule has 1 aliphatic rings. The van der Waals surface area contributed by atoms with Gasteiger partial charge in [0.1, 0.15) is 5.76 Å². The van der Waals surface area contributed by atoms with E-state index in [1.54, 1.807) is 11.2 Å². The average Bonchev–Trinajstić information content (AvgIpc) is 3.14. The van der Waals surface area contributed by atoms with Crippen molar-refractivity contribution in [1.82, 2.24) is 15.1 Å². The maximum Gasteiger partial charge on any atom is 0.317 e. The zero-order chi connectivity index (χ0) is 17.1. The zero-order valence-corrected chi connectivity index (χ0v) is 14.5. The number of nitrogens with zero attached hydrogens (tertiary/aromatic N) is 2. The molecule has 1 fully saturated rings. The molecule has 0 radical (unpaired) electrons. The minimum absolute atomic E-state index is 0.0446. The summed E-state index contributed by atoms with van der Waals surface area (Å²) in [5.74, 6) is 0.859. The fourth-order valence-electron chi connectivity index (χ4n) is 3.41. The molecule has 5 heteroatoms. The second-order valence-electron chi connectivity index (χ2n) is 6.54. The van der Waals surface area contributed by atoms with Gasteiger partial charge in [-0.2, -0.15) is 0 Å². The van der Waals surface area contributed by atoms with E-state index in [0.29, 0.717) is 6.54 Å². The number of benzene rings is 1. The number of amides is 2. The maximum atomic E-state index is 12.6. The largest absolute Gasteiger partial charge is 0.469 e. The lowest BCUT2D eigenvalue weighted by molar-refractivity contribution is 0.197. The van der Waals surface area contributed by atoms with Crippen LogP contribution in [0.25, 0.3) is 0 Å². The van der Waals surface area contributed by atoms with Crippen LogP contribution in [0, 0.1) is 6.92 Å². The van der Waals surface area contributed by atoms with Gasteiger partial charge in [-0.15, -0.1) is 0 Å². The Morgan fingerprint density at radius 2 is 2.08 bits per heavy atom. The van der Waals surface area contributed by atoms with Gasteiger partial charge in [0.2, 0.25) is 0 Å². The fourth-order valence-corrected chi connectivity index (χ4v) is 3.41. The van der Waals surface area contributed by atoms with Crippen LogP contribution < -0.4 is 5.32 Å². The summed E-state index contributed by atoms with van der Waals surface area (Å²) < 4.78 is 5.30. The molecule has 1 N–H and O–H groups in total. The lowest BCUT2D eigenvalue weighted by Gasteiger charge is -2.28. The van der Waals surface area contributed by atoms with E-state index in [-0.39, 0.29) is 18.1 Å². The van der Waals surface area contributed by atoms with Crippen LogP contribution in [-0.2, 0) is 6.54 Å². The predicted molar refractivity (Wildman–Crippen MR) is 93.7 cm³/mol. The van der Waals surface area contributed by atoms with Crippen LogP contribution in [0.2, 0.25) is 0 Å². The Morgan fingerprint density at radius 1 is 1.33 bits per heavy atom. The van der Waals surface area contributed by atoms with E-state index in [0.717, 1.165) is 24.3 Å². The van der Waals surface area contributed by atoms with Gasteiger partial charge < -0.3 is 14.6 Å². The van der Waals surface area contributed by atoms with Crippen molar-refractivity contribution in [2.75, 3.05) is 20.6 Å². The lowest BCUT2D eigenvalue weighted by atomic mass is 10.0. The first-order valence-corrected chi connectivity index (χ1v) is 8.36. The lowest BCUT2D eigenvalue weighted by Crippen LogP contribution is -2.45. The van der Waals surface area contributed by atoms with Crippen molar-refractivity contribution in [2.24, 2.45) is 0 Å². The van der Waals surface area contributed by atoms with E-state index in [1.165, 1.54) is 5.56 Å².